The molecule has 0 amide bonds. The third kappa shape index (κ3) is 3.07. The van der Waals surface area contributed by atoms with Crippen molar-refractivity contribution in [3.05, 3.63) is 54.4 Å². The van der Waals surface area contributed by atoms with Gasteiger partial charge in [0.1, 0.15) is 0 Å². The summed E-state index contributed by atoms with van der Waals surface area (Å²) >= 11 is 0. The van der Waals surface area contributed by atoms with Crippen molar-refractivity contribution in [2.45, 2.75) is 25.8 Å². The molecular weight excluding hydrogens is 244 g/mol. The molecule has 1 aromatic heterocycles. The van der Waals surface area contributed by atoms with Gasteiger partial charge in [0.2, 0.25) is 0 Å². The zero-order valence-electron chi connectivity index (χ0n) is 12.1. The average molecular weight is 266 g/mol. The molecule has 1 aromatic carbocycles. The normalized spacial score (nSPS) is 18.8. The molecule has 3 rings (SSSR count). The average Bonchev–Trinajstić information content (AvgIpc) is 2.48. The van der Waals surface area contributed by atoms with Crippen LogP contribution in [0.1, 0.15) is 24.8 Å². The van der Waals surface area contributed by atoms with E-state index in [2.05, 4.69) is 53.3 Å². The van der Waals surface area contributed by atoms with Crippen molar-refractivity contribution in [2.75, 3.05) is 13.6 Å². The summed E-state index contributed by atoms with van der Waals surface area (Å²) in [6.07, 6.45) is 12.3. The van der Waals surface area contributed by atoms with Gasteiger partial charge >= 0.3 is 0 Å². The smallest absolute Gasteiger partial charge is 0.0346 e. The van der Waals surface area contributed by atoms with Crippen molar-refractivity contribution in [3.8, 4) is 0 Å². The van der Waals surface area contributed by atoms with Crippen molar-refractivity contribution < 1.29 is 0 Å². The van der Waals surface area contributed by atoms with Crippen molar-refractivity contribution in [1.29, 1.82) is 0 Å². The van der Waals surface area contributed by atoms with E-state index >= 15 is 0 Å². The molecule has 0 N–H and O–H groups in total. The molecular formula is C18H22N2. The van der Waals surface area contributed by atoms with Gasteiger partial charge in [-0.15, -0.1) is 0 Å². The Labute approximate surface area is 121 Å². The van der Waals surface area contributed by atoms with Crippen LogP contribution < -0.4 is 0 Å². The van der Waals surface area contributed by atoms with Gasteiger partial charge in [-0.1, -0.05) is 30.4 Å². The molecule has 104 valence electrons. The second-order valence-corrected chi connectivity index (χ2v) is 5.86. The zero-order valence-corrected chi connectivity index (χ0v) is 12.1. The SMILES string of the molecule is CN(Cc1cccc2cnccc12)CC1CC=CCC1. The number of hydrogen-bond donors (Lipinski definition) is 0. The second kappa shape index (κ2) is 6.19. The van der Waals surface area contributed by atoms with Crippen LogP contribution in [0.5, 0.6) is 0 Å². The molecule has 0 bridgehead atoms. The zero-order chi connectivity index (χ0) is 13.8. The van der Waals surface area contributed by atoms with Crippen molar-refractivity contribution >= 4 is 10.8 Å². The van der Waals surface area contributed by atoms with E-state index < -0.39 is 0 Å². The van der Waals surface area contributed by atoms with Gasteiger partial charge in [0.25, 0.3) is 0 Å². The number of nitrogens with zero attached hydrogens (tertiary/aromatic N) is 2. The van der Waals surface area contributed by atoms with Crippen LogP contribution in [-0.2, 0) is 6.54 Å². The van der Waals surface area contributed by atoms with Crippen LogP contribution in [0.15, 0.2) is 48.8 Å². The van der Waals surface area contributed by atoms with Crippen LogP contribution in [0.25, 0.3) is 10.8 Å². The molecule has 0 saturated carbocycles. The van der Waals surface area contributed by atoms with Gasteiger partial charge in [0, 0.05) is 30.9 Å². The molecule has 0 spiro atoms. The molecule has 0 fully saturated rings. The van der Waals surface area contributed by atoms with E-state index in [1.807, 2.05) is 12.4 Å². The fourth-order valence-electron chi connectivity index (χ4n) is 3.15. The number of aromatic nitrogens is 1. The maximum atomic E-state index is 4.21. The van der Waals surface area contributed by atoms with Crippen LogP contribution in [-0.4, -0.2) is 23.5 Å². The number of fused-ring (bicyclic) bond motifs is 1. The highest BCUT2D eigenvalue weighted by molar-refractivity contribution is 5.84. The summed E-state index contributed by atoms with van der Waals surface area (Å²) in [5.41, 5.74) is 1.40. The van der Waals surface area contributed by atoms with Gasteiger partial charge in [-0.3, -0.25) is 4.98 Å². The maximum absolute atomic E-state index is 4.21. The van der Waals surface area contributed by atoms with E-state index in [9.17, 15) is 0 Å². The maximum Gasteiger partial charge on any atom is 0.0346 e. The molecule has 1 aliphatic rings. The number of hydrogen-bond acceptors (Lipinski definition) is 2. The fourth-order valence-corrected chi connectivity index (χ4v) is 3.15. The Bertz CT molecular complexity index is 598. The highest BCUT2D eigenvalue weighted by Crippen LogP contribution is 2.22. The molecule has 2 nitrogen and oxygen atoms in total. The highest BCUT2D eigenvalue weighted by atomic mass is 15.1. The Balaban J connectivity index is 1.70. The minimum Gasteiger partial charge on any atom is -0.302 e. The first-order valence-electron chi connectivity index (χ1n) is 7.48. The molecule has 0 radical (unpaired) electrons. The third-order valence-corrected chi connectivity index (χ3v) is 4.16. The largest absolute Gasteiger partial charge is 0.302 e. The summed E-state index contributed by atoms with van der Waals surface area (Å²) in [5, 5.41) is 2.57. The highest BCUT2D eigenvalue weighted by Gasteiger charge is 2.13. The summed E-state index contributed by atoms with van der Waals surface area (Å²) in [7, 11) is 2.23. The molecule has 2 aromatic rings. The van der Waals surface area contributed by atoms with Crippen molar-refractivity contribution in [1.82, 2.24) is 9.88 Å². The number of rotatable bonds is 4. The first-order valence-corrected chi connectivity index (χ1v) is 7.48. The molecule has 20 heavy (non-hydrogen) atoms. The van der Waals surface area contributed by atoms with Crippen LogP contribution in [0.2, 0.25) is 0 Å². The predicted octanol–water partition coefficient (Wildman–Crippen LogP) is 4.02. The summed E-state index contributed by atoms with van der Waals surface area (Å²) in [4.78, 5) is 6.66. The molecule has 1 atom stereocenters. The number of pyridine rings is 1. The van der Waals surface area contributed by atoms with Crippen molar-refractivity contribution in [2.24, 2.45) is 5.92 Å². The first-order chi connectivity index (χ1) is 9.83. The second-order valence-electron chi connectivity index (χ2n) is 5.86. The minimum atomic E-state index is 0.821. The van der Waals surface area contributed by atoms with Gasteiger partial charge < -0.3 is 4.90 Å². The molecule has 2 heteroatoms. The van der Waals surface area contributed by atoms with Crippen LogP contribution >= 0.6 is 0 Å². The summed E-state index contributed by atoms with van der Waals surface area (Å²) in [5.74, 6) is 0.821. The van der Waals surface area contributed by atoms with Crippen molar-refractivity contribution in [3.63, 3.8) is 0 Å². The molecule has 1 unspecified atom stereocenters. The summed E-state index contributed by atoms with van der Waals surface area (Å²) < 4.78 is 0. The standard InChI is InChI=1S/C18H22N2/c1-20(13-15-6-3-2-4-7-15)14-17-9-5-8-16-12-19-11-10-18(16)17/h2-3,5,8-12,15H,4,6-7,13-14H2,1H3. The van der Waals surface area contributed by atoms with E-state index in [-0.39, 0.29) is 0 Å². The van der Waals surface area contributed by atoms with Gasteiger partial charge in [-0.25, -0.2) is 0 Å². The van der Waals surface area contributed by atoms with Gasteiger partial charge in [0.05, 0.1) is 0 Å². The van der Waals surface area contributed by atoms with E-state index in [1.54, 1.807) is 0 Å². The van der Waals surface area contributed by atoms with E-state index in [0.29, 0.717) is 0 Å². The lowest BCUT2D eigenvalue weighted by atomic mass is 9.94. The fraction of sp³-hybridized carbons (Fsp3) is 0.389. The Morgan fingerprint density at radius 3 is 3.05 bits per heavy atom. The number of allylic oxidation sites excluding steroid dienone is 2. The monoisotopic (exact) mass is 266 g/mol. The van der Waals surface area contributed by atoms with Crippen LogP contribution in [0.4, 0.5) is 0 Å². The number of benzene rings is 1. The lowest BCUT2D eigenvalue weighted by molar-refractivity contribution is 0.259. The van der Waals surface area contributed by atoms with Gasteiger partial charge in [-0.05, 0) is 49.2 Å². The lowest BCUT2D eigenvalue weighted by Crippen LogP contribution is -2.26. The third-order valence-electron chi connectivity index (χ3n) is 4.16. The Morgan fingerprint density at radius 1 is 1.25 bits per heavy atom. The van der Waals surface area contributed by atoms with Crippen LogP contribution in [0.3, 0.4) is 0 Å². The Hall–Kier alpha value is -1.67. The topological polar surface area (TPSA) is 16.1 Å². The first kappa shape index (κ1) is 13.3. The summed E-state index contributed by atoms with van der Waals surface area (Å²) in [6, 6.07) is 8.63. The van der Waals surface area contributed by atoms with E-state index in [4.69, 9.17) is 0 Å². The van der Waals surface area contributed by atoms with E-state index in [0.717, 1.165) is 12.5 Å². The lowest BCUT2D eigenvalue weighted by Gasteiger charge is -2.25. The summed E-state index contributed by atoms with van der Waals surface area (Å²) in [6.45, 7) is 2.20. The van der Waals surface area contributed by atoms with Gasteiger partial charge in [0.15, 0.2) is 0 Å². The molecule has 0 aliphatic heterocycles. The molecule has 1 heterocycles. The Kier molecular flexibility index (Phi) is 4.12. The Morgan fingerprint density at radius 2 is 2.20 bits per heavy atom. The van der Waals surface area contributed by atoms with Crippen LogP contribution in [0, 0.1) is 5.92 Å². The predicted molar refractivity (Wildman–Crippen MR) is 84.6 cm³/mol. The molecule has 0 saturated heterocycles. The van der Waals surface area contributed by atoms with Gasteiger partial charge in [-0.2, -0.15) is 0 Å². The minimum absolute atomic E-state index is 0.821. The van der Waals surface area contributed by atoms with E-state index in [1.165, 1.54) is 42.1 Å². The quantitative estimate of drug-likeness (QED) is 0.777. The molecule has 1 aliphatic carbocycles.